The van der Waals surface area contributed by atoms with Gasteiger partial charge in [-0.3, -0.25) is 4.79 Å². The van der Waals surface area contributed by atoms with Gasteiger partial charge in [-0.25, -0.2) is 9.97 Å². The fourth-order valence-electron chi connectivity index (χ4n) is 0.860. The fraction of sp³-hybridized carbons (Fsp3) is 0. The van der Waals surface area contributed by atoms with Crippen molar-refractivity contribution in [2.45, 2.75) is 0 Å². The molecule has 0 amide bonds. The van der Waals surface area contributed by atoms with E-state index in [0.717, 1.165) is 22.6 Å². The largest absolute Gasteiger partial charge is 0.312 e. The Hall–Kier alpha value is -1.49. The monoisotopic (exact) mass is 179 g/mol. The lowest BCUT2D eigenvalue weighted by molar-refractivity contribution is 1.16. The molecule has 0 aromatic carbocycles. The van der Waals surface area contributed by atoms with Crippen LogP contribution in [0.4, 0.5) is 0 Å². The van der Waals surface area contributed by atoms with Gasteiger partial charge in [-0.05, 0) is 0 Å². The molecule has 60 valence electrons. The molecule has 12 heavy (non-hydrogen) atoms. The van der Waals surface area contributed by atoms with Gasteiger partial charge in [0.1, 0.15) is 6.33 Å². The average Bonchev–Trinajstić information content (AvgIpc) is 2.54. The molecule has 0 fully saturated rings. The molecule has 0 spiro atoms. The molecular weight excluding hydrogens is 174 g/mol. The van der Waals surface area contributed by atoms with Gasteiger partial charge in [0.2, 0.25) is 0 Å². The first-order valence-corrected chi connectivity index (χ1v) is 4.17. The van der Waals surface area contributed by atoms with Crippen molar-refractivity contribution in [2.75, 3.05) is 0 Å². The summed E-state index contributed by atoms with van der Waals surface area (Å²) < 4.78 is 0. The highest BCUT2D eigenvalue weighted by Crippen LogP contribution is 2.13. The fourth-order valence-corrected chi connectivity index (χ4v) is 1.45. The molecule has 0 aliphatic heterocycles. The minimum absolute atomic E-state index is 0.0612. The van der Waals surface area contributed by atoms with Gasteiger partial charge in [0.25, 0.3) is 0 Å². The Morgan fingerprint density at radius 1 is 1.33 bits per heavy atom. The first kappa shape index (κ1) is 7.17. The maximum absolute atomic E-state index is 10.8. The van der Waals surface area contributed by atoms with E-state index in [0.29, 0.717) is 0 Å². The lowest BCUT2D eigenvalue weighted by Crippen LogP contribution is -1.92. The third-order valence-corrected chi connectivity index (χ3v) is 2.06. The predicted molar refractivity (Wildman–Crippen MR) is 46.0 cm³/mol. The van der Waals surface area contributed by atoms with Crippen LogP contribution in [0.15, 0.2) is 28.9 Å². The van der Waals surface area contributed by atoms with Crippen molar-refractivity contribution in [1.82, 2.24) is 15.0 Å². The molecule has 0 bridgehead atoms. The summed E-state index contributed by atoms with van der Waals surface area (Å²) in [6.07, 6.45) is 4.77. The maximum Gasteiger partial charge on any atom is 0.304 e. The number of nitrogens with zero attached hydrogens (tertiary/aromatic N) is 2. The quantitative estimate of drug-likeness (QED) is 0.707. The summed E-state index contributed by atoms with van der Waals surface area (Å²) in [5.74, 6) is 0. The molecule has 0 aliphatic carbocycles. The van der Waals surface area contributed by atoms with Gasteiger partial charge in [-0.2, -0.15) is 0 Å². The Kier molecular flexibility index (Phi) is 1.71. The van der Waals surface area contributed by atoms with E-state index in [1.807, 2.05) is 0 Å². The van der Waals surface area contributed by atoms with E-state index in [1.165, 1.54) is 6.33 Å². The van der Waals surface area contributed by atoms with Gasteiger partial charge in [-0.1, -0.05) is 11.3 Å². The standard InChI is InChI=1S/C7H5N3OS/c11-7-10-6(3-12-7)5-1-8-4-9-2-5/h1-4H,(H,10,11). The first-order chi connectivity index (χ1) is 5.86. The smallest absolute Gasteiger partial charge is 0.304 e. The van der Waals surface area contributed by atoms with Crippen LogP contribution >= 0.6 is 11.3 Å². The van der Waals surface area contributed by atoms with E-state index in [4.69, 9.17) is 0 Å². The Balaban J connectivity index is 2.51. The molecule has 2 heterocycles. The van der Waals surface area contributed by atoms with Crippen LogP contribution in [0.5, 0.6) is 0 Å². The van der Waals surface area contributed by atoms with Crippen LogP contribution in [-0.4, -0.2) is 15.0 Å². The Morgan fingerprint density at radius 3 is 2.67 bits per heavy atom. The molecule has 4 nitrogen and oxygen atoms in total. The molecule has 0 saturated heterocycles. The predicted octanol–water partition coefficient (Wildman–Crippen LogP) is 0.893. The van der Waals surface area contributed by atoms with E-state index in [-0.39, 0.29) is 4.87 Å². The Labute approximate surface area is 71.9 Å². The number of hydrogen-bond acceptors (Lipinski definition) is 4. The number of thiazole rings is 1. The molecule has 0 unspecified atom stereocenters. The van der Waals surface area contributed by atoms with Crippen LogP contribution in [0.25, 0.3) is 11.3 Å². The number of aromatic nitrogens is 3. The minimum atomic E-state index is -0.0612. The van der Waals surface area contributed by atoms with Crippen LogP contribution in [0.2, 0.25) is 0 Å². The Bertz CT molecular complexity index is 419. The second kappa shape index (κ2) is 2.86. The highest BCUT2D eigenvalue weighted by atomic mass is 32.1. The zero-order chi connectivity index (χ0) is 8.39. The number of nitrogens with one attached hydrogen (secondary N) is 1. The third-order valence-electron chi connectivity index (χ3n) is 1.39. The summed E-state index contributed by atoms with van der Waals surface area (Å²) in [4.78, 5) is 21.1. The molecular formula is C7H5N3OS. The SMILES string of the molecule is O=c1[nH]c(-c2cncnc2)cs1. The van der Waals surface area contributed by atoms with Crippen molar-refractivity contribution >= 4 is 11.3 Å². The van der Waals surface area contributed by atoms with Crippen molar-refractivity contribution in [1.29, 1.82) is 0 Å². The van der Waals surface area contributed by atoms with Gasteiger partial charge in [0.05, 0.1) is 5.69 Å². The van der Waals surface area contributed by atoms with Crippen molar-refractivity contribution < 1.29 is 0 Å². The van der Waals surface area contributed by atoms with Crippen molar-refractivity contribution in [2.24, 2.45) is 0 Å². The van der Waals surface area contributed by atoms with Gasteiger partial charge in [-0.15, -0.1) is 0 Å². The third kappa shape index (κ3) is 1.26. The van der Waals surface area contributed by atoms with Crippen LogP contribution in [0, 0.1) is 0 Å². The van der Waals surface area contributed by atoms with E-state index in [9.17, 15) is 4.79 Å². The average molecular weight is 179 g/mol. The van der Waals surface area contributed by atoms with Gasteiger partial charge >= 0.3 is 4.87 Å². The second-order valence-electron chi connectivity index (χ2n) is 2.19. The maximum atomic E-state index is 10.8. The van der Waals surface area contributed by atoms with E-state index in [1.54, 1.807) is 17.8 Å². The summed E-state index contributed by atoms with van der Waals surface area (Å²) in [6, 6.07) is 0. The van der Waals surface area contributed by atoms with Gasteiger partial charge < -0.3 is 4.98 Å². The van der Waals surface area contributed by atoms with Crippen LogP contribution in [0.3, 0.4) is 0 Å². The minimum Gasteiger partial charge on any atom is -0.312 e. The number of H-pyrrole nitrogens is 1. The molecule has 0 aliphatic rings. The normalized spacial score (nSPS) is 10.0. The zero-order valence-electron chi connectivity index (χ0n) is 6.02. The lowest BCUT2D eigenvalue weighted by atomic mass is 10.3. The molecule has 5 heteroatoms. The molecule has 0 radical (unpaired) electrons. The number of hydrogen-bond donors (Lipinski definition) is 1. The topological polar surface area (TPSA) is 58.6 Å². The highest BCUT2D eigenvalue weighted by Gasteiger charge is 1.98. The van der Waals surface area contributed by atoms with E-state index < -0.39 is 0 Å². The summed E-state index contributed by atoms with van der Waals surface area (Å²) >= 11 is 1.13. The van der Waals surface area contributed by atoms with Gasteiger partial charge in [0, 0.05) is 23.3 Å². The summed E-state index contributed by atoms with van der Waals surface area (Å²) in [5, 5.41) is 1.75. The number of aromatic amines is 1. The van der Waals surface area contributed by atoms with Crippen LogP contribution < -0.4 is 4.87 Å². The summed E-state index contributed by atoms with van der Waals surface area (Å²) in [7, 11) is 0. The molecule has 0 atom stereocenters. The van der Waals surface area contributed by atoms with E-state index >= 15 is 0 Å². The summed E-state index contributed by atoms with van der Waals surface area (Å²) in [6.45, 7) is 0. The zero-order valence-corrected chi connectivity index (χ0v) is 6.84. The molecule has 2 aromatic heterocycles. The van der Waals surface area contributed by atoms with Crippen LogP contribution in [-0.2, 0) is 0 Å². The van der Waals surface area contributed by atoms with Crippen LogP contribution in [0.1, 0.15) is 0 Å². The number of rotatable bonds is 1. The van der Waals surface area contributed by atoms with Gasteiger partial charge in [0.15, 0.2) is 0 Å². The molecule has 0 saturated carbocycles. The molecule has 2 aromatic rings. The van der Waals surface area contributed by atoms with Crippen molar-refractivity contribution in [3.8, 4) is 11.3 Å². The highest BCUT2D eigenvalue weighted by molar-refractivity contribution is 7.07. The van der Waals surface area contributed by atoms with E-state index in [2.05, 4.69) is 15.0 Å². The Morgan fingerprint density at radius 2 is 2.08 bits per heavy atom. The van der Waals surface area contributed by atoms with Crippen molar-refractivity contribution in [3.05, 3.63) is 33.8 Å². The molecule has 2 rings (SSSR count). The van der Waals surface area contributed by atoms with Crippen molar-refractivity contribution in [3.63, 3.8) is 0 Å². The molecule has 1 N–H and O–H groups in total. The first-order valence-electron chi connectivity index (χ1n) is 3.29. The lowest BCUT2D eigenvalue weighted by Gasteiger charge is -1.91. The second-order valence-corrected chi connectivity index (χ2v) is 3.03. The summed E-state index contributed by atoms with van der Waals surface area (Å²) in [5.41, 5.74) is 1.60.